The molecule has 1 N–H and O–H groups in total. The van der Waals surface area contributed by atoms with Gasteiger partial charge >= 0.3 is 13.0 Å². The minimum atomic E-state index is -4.95. The van der Waals surface area contributed by atoms with Gasteiger partial charge in [-0.15, -0.1) is 28.5 Å². The van der Waals surface area contributed by atoms with Crippen LogP contribution < -0.4 is 19.7 Å². The van der Waals surface area contributed by atoms with Crippen molar-refractivity contribution in [3.63, 3.8) is 0 Å². The fourth-order valence-electron chi connectivity index (χ4n) is 4.16. The van der Waals surface area contributed by atoms with Crippen LogP contribution >= 0.6 is 11.3 Å². The molecule has 0 aliphatic carbocycles. The maximum absolute atomic E-state index is 13.6. The molecule has 1 fully saturated rings. The van der Waals surface area contributed by atoms with Crippen molar-refractivity contribution in [3.8, 4) is 11.5 Å². The minimum absolute atomic E-state index is 0.0571. The zero-order valence-corrected chi connectivity index (χ0v) is 22.7. The zero-order chi connectivity index (χ0) is 30.1. The van der Waals surface area contributed by atoms with Gasteiger partial charge in [-0.05, 0) is 42.0 Å². The Hall–Kier alpha value is -4.10. The molecular weight excluding hydrogens is 613 g/mol. The molecule has 1 saturated heterocycles. The molecular formula is C23H20F5N7O5S2. The molecule has 19 heteroatoms. The number of carbonyl (C=O) groups is 1. The predicted octanol–water partition coefficient (Wildman–Crippen LogP) is 2.88. The van der Waals surface area contributed by atoms with E-state index in [0.29, 0.717) is 15.7 Å². The third-order valence-corrected chi connectivity index (χ3v) is 8.96. The summed E-state index contributed by atoms with van der Waals surface area (Å²) in [6.45, 7) is -3.16. The Morgan fingerprint density at radius 1 is 1.07 bits per heavy atom. The van der Waals surface area contributed by atoms with Gasteiger partial charge in [-0.2, -0.15) is 17.6 Å². The van der Waals surface area contributed by atoms with Crippen LogP contribution in [0.25, 0.3) is 4.96 Å². The second kappa shape index (κ2) is 11.6. The van der Waals surface area contributed by atoms with Crippen LogP contribution in [-0.4, -0.2) is 77.1 Å². The highest BCUT2D eigenvalue weighted by molar-refractivity contribution is 7.89. The molecule has 1 aliphatic rings. The van der Waals surface area contributed by atoms with E-state index < -0.39 is 40.7 Å². The number of anilines is 1. The second-order valence-corrected chi connectivity index (χ2v) is 11.6. The number of fused-ring (bicyclic) bond motifs is 1. The Balaban J connectivity index is 1.37. The van der Waals surface area contributed by atoms with Gasteiger partial charge in [-0.1, -0.05) is 23.5 Å². The normalized spacial score (nSPS) is 16.6. The Morgan fingerprint density at radius 3 is 2.40 bits per heavy atom. The molecule has 2 aromatic carbocycles. The summed E-state index contributed by atoms with van der Waals surface area (Å²) >= 11 is 1.18. The molecule has 1 atom stereocenters. The lowest BCUT2D eigenvalue weighted by Crippen LogP contribution is -2.60. The summed E-state index contributed by atoms with van der Waals surface area (Å²) in [5.74, 6) is -1.35. The van der Waals surface area contributed by atoms with Crippen molar-refractivity contribution in [1.82, 2.24) is 29.4 Å². The predicted molar refractivity (Wildman–Crippen MR) is 137 cm³/mol. The summed E-state index contributed by atoms with van der Waals surface area (Å²) in [4.78, 5) is 15.3. The monoisotopic (exact) mass is 633 g/mol. The number of piperazine rings is 1. The number of nitrogens with zero attached hydrogens (tertiary/aromatic N) is 6. The number of aromatic nitrogens is 4. The fourth-order valence-corrected chi connectivity index (χ4v) is 6.59. The highest BCUT2D eigenvalue weighted by Gasteiger charge is 2.41. The van der Waals surface area contributed by atoms with Gasteiger partial charge in [0.25, 0.3) is 0 Å². The first-order valence-electron chi connectivity index (χ1n) is 12.0. The van der Waals surface area contributed by atoms with Gasteiger partial charge < -0.3 is 19.7 Å². The van der Waals surface area contributed by atoms with E-state index in [4.69, 9.17) is 0 Å². The lowest BCUT2D eigenvalue weighted by molar-refractivity contribution is -0.274. The molecule has 0 radical (unpaired) electrons. The average Bonchev–Trinajstić information content (AvgIpc) is 3.54. The molecule has 0 spiro atoms. The van der Waals surface area contributed by atoms with Crippen LogP contribution in [0.2, 0.25) is 0 Å². The minimum Gasteiger partial charge on any atom is -0.435 e. The van der Waals surface area contributed by atoms with Crippen LogP contribution in [0.4, 0.5) is 27.1 Å². The van der Waals surface area contributed by atoms with E-state index in [2.05, 4.69) is 30.1 Å². The quantitative estimate of drug-likeness (QED) is 0.277. The van der Waals surface area contributed by atoms with Gasteiger partial charge in [-0.25, -0.2) is 8.42 Å². The number of ether oxygens (including phenoxy) is 2. The molecule has 5 rings (SSSR count). The number of sulfonamides is 1. The molecule has 0 saturated carbocycles. The van der Waals surface area contributed by atoms with Crippen molar-refractivity contribution >= 4 is 37.4 Å². The first kappa shape index (κ1) is 29.4. The van der Waals surface area contributed by atoms with E-state index in [1.165, 1.54) is 46.4 Å². The first-order valence-corrected chi connectivity index (χ1v) is 14.3. The van der Waals surface area contributed by atoms with Gasteiger partial charge in [0.05, 0.1) is 4.90 Å². The van der Waals surface area contributed by atoms with E-state index in [1.807, 2.05) is 0 Å². The Bertz CT molecular complexity index is 1620. The number of nitrogens with one attached hydrogen (secondary N) is 1. The summed E-state index contributed by atoms with van der Waals surface area (Å²) < 4.78 is 100. The van der Waals surface area contributed by atoms with Gasteiger partial charge in [0.2, 0.25) is 26.0 Å². The summed E-state index contributed by atoms with van der Waals surface area (Å²) in [5.41, 5.74) is 0.529. The lowest BCUT2D eigenvalue weighted by Gasteiger charge is -2.39. The summed E-state index contributed by atoms with van der Waals surface area (Å²) in [6, 6.07) is 7.91. The molecule has 2 aromatic heterocycles. The smallest absolute Gasteiger partial charge is 0.435 e. The van der Waals surface area contributed by atoms with E-state index in [0.717, 1.165) is 28.6 Å². The van der Waals surface area contributed by atoms with Gasteiger partial charge in [0, 0.05) is 26.2 Å². The molecule has 1 amide bonds. The first-order chi connectivity index (χ1) is 19.9. The van der Waals surface area contributed by atoms with Gasteiger partial charge in [0.1, 0.15) is 23.9 Å². The van der Waals surface area contributed by atoms with E-state index in [1.54, 1.807) is 4.90 Å². The van der Waals surface area contributed by atoms with Crippen LogP contribution in [0.3, 0.4) is 0 Å². The summed E-state index contributed by atoms with van der Waals surface area (Å²) in [6.07, 6.45) is -3.56. The van der Waals surface area contributed by atoms with Crippen LogP contribution in [-0.2, 0) is 21.4 Å². The maximum Gasteiger partial charge on any atom is 0.573 e. The second-order valence-electron chi connectivity index (χ2n) is 8.78. The summed E-state index contributed by atoms with van der Waals surface area (Å²) in [5, 5.41) is 15.2. The molecule has 224 valence electrons. The standard InChI is InChI=1S/C23H20F5N7O5S2/c24-20(25)39-15-3-1-14(2-4-15)11-29-19(36)18-12-33(22-32-34-13-30-31-21(34)41-22)9-10-35(18)42(37,38)17-7-5-16(6-8-17)40-23(26,27)28/h1-8,13,18,20H,9-12H2,(H,29,36)/t18-/m1/s1. The van der Waals surface area contributed by atoms with Crippen LogP contribution in [0.5, 0.6) is 11.5 Å². The Morgan fingerprint density at radius 2 is 1.76 bits per heavy atom. The number of benzene rings is 2. The number of alkyl halides is 5. The number of amides is 1. The highest BCUT2D eigenvalue weighted by Crippen LogP contribution is 2.29. The third-order valence-electron chi connectivity index (χ3n) is 6.06. The topological polar surface area (TPSA) is 131 Å². The number of rotatable bonds is 9. The summed E-state index contributed by atoms with van der Waals surface area (Å²) in [7, 11) is -4.36. The molecule has 0 bridgehead atoms. The van der Waals surface area contributed by atoms with Crippen molar-refractivity contribution in [3.05, 3.63) is 60.4 Å². The van der Waals surface area contributed by atoms with Crippen molar-refractivity contribution in [2.45, 2.75) is 30.5 Å². The van der Waals surface area contributed by atoms with Crippen molar-refractivity contribution in [1.29, 1.82) is 0 Å². The highest BCUT2D eigenvalue weighted by atomic mass is 32.2. The average molecular weight is 634 g/mol. The molecule has 12 nitrogen and oxygen atoms in total. The van der Waals surface area contributed by atoms with E-state index >= 15 is 0 Å². The van der Waals surface area contributed by atoms with Crippen LogP contribution in [0, 0.1) is 0 Å². The third kappa shape index (κ3) is 6.68. The van der Waals surface area contributed by atoms with Gasteiger partial charge in [-0.3, -0.25) is 4.79 Å². The number of hydrogen-bond donors (Lipinski definition) is 1. The number of hydrogen-bond acceptors (Lipinski definition) is 10. The van der Waals surface area contributed by atoms with Crippen molar-refractivity contribution in [2.24, 2.45) is 0 Å². The zero-order valence-electron chi connectivity index (χ0n) is 21.1. The van der Waals surface area contributed by atoms with E-state index in [9.17, 15) is 35.2 Å². The van der Waals surface area contributed by atoms with Crippen LogP contribution in [0.15, 0.2) is 59.8 Å². The number of carbonyl (C=O) groups excluding carboxylic acids is 1. The van der Waals surface area contributed by atoms with Gasteiger partial charge in [0.15, 0.2) is 0 Å². The molecule has 3 heterocycles. The molecule has 4 aromatic rings. The Labute approximate surface area is 238 Å². The largest absolute Gasteiger partial charge is 0.573 e. The SMILES string of the molecule is O=C(NCc1ccc(OC(F)F)cc1)[C@H]1CN(c2nn3cnnc3s2)CCN1S(=O)(=O)c1ccc(OC(F)(F)F)cc1. The fraction of sp³-hybridized carbons (Fsp3) is 0.304. The molecule has 42 heavy (non-hydrogen) atoms. The van der Waals surface area contributed by atoms with Crippen molar-refractivity contribution in [2.75, 3.05) is 24.5 Å². The molecule has 1 aliphatic heterocycles. The maximum atomic E-state index is 13.6. The molecule has 0 unspecified atom stereocenters. The lowest BCUT2D eigenvalue weighted by atomic mass is 10.2. The van der Waals surface area contributed by atoms with Crippen LogP contribution in [0.1, 0.15) is 5.56 Å². The van der Waals surface area contributed by atoms with E-state index in [-0.39, 0.29) is 36.8 Å². The number of halogens is 5. The van der Waals surface area contributed by atoms with Crippen molar-refractivity contribution < 1.29 is 44.6 Å². The Kier molecular flexibility index (Phi) is 8.15.